The van der Waals surface area contributed by atoms with E-state index in [1.165, 1.54) is 5.56 Å². The normalized spacial score (nSPS) is 10.4. The largest absolute Gasteiger partial charge is 0.490 e. The van der Waals surface area contributed by atoms with Crippen molar-refractivity contribution < 1.29 is 14.3 Å². The van der Waals surface area contributed by atoms with Crippen LogP contribution in [0.25, 0.3) is 0 Å². The molecule has 0 aliphatic rings. The van der Waals surface area contributed by atoms with E-state index in [-0.39, 0.29) is 11.0 Å². The number of para-hydroxylation sites is 1. The molecular formula is C25H26N2O3S. The highest BCUT2D eigenvalue weighted by atomic mass is 32.1. The zero-order chi connectivity index (χ0) is 22.1. The first-order chi connectivity index (χ1) is 15.0. The van der Waals surface area contributed by atoms with E-state index in [2.05, 4.69) is 24.5 Å². The van der Waals surface area contributed by atoms with Crippen LogP contribution in [0, 0.1) is 0 Å². The Balaban J connectivity index is 1.47. The third-order valence-electron chi connectivity index (χ3n) is 4.52. The van der Waals surface area contributed by atoms with E-state index in [0.29, 0.717) is 30.4 Å². The molecule has 0 saturated carbocycles. The summed E-state index contributed by atoms with van der Waals surface area (Å²) >= 11 is 5.28. The van der Waals surface area contributed by atoms with Gasteiger partial charge in [-0.15, -0.1) is 0 Å². The van der Waals surface area contributed by atoms with Crippen molar-refractivity contribution in [1.82, 2.24) is 5.32 Å². The quantitative estimate of drug-likeness (QED) is 0.367. The van der Waals surface area contributed by atoms with Gasteiger partial charge in [-0.2, -0.15) is 0 Å². The number of carbonyl (C=O) groups excluding carboxylic acids is 1. The Labute approximate surface area is 188 Å². The average Bonchev–Trinajstić information content (AvgIpc) is 2.77. The predicted molar refractivity (Wildman–Crippen MR) is 128 cm³/mol. The maximum Gasteiger partial charge on any atom is 0.257 e. The average molecular weight is 435 g/mol. The van der Waals surface area contributed by atoms with Crippen LogP contribution in [0.2, 0.25) is 0 Å². The Morgan fingerprint density at radius 1 is 0.871 bits per heavy atom. The summed E-state index contributed by atoms with van der Waals surface area (Å²) in [6.07, 6.45) is 0. The van der Waals surface area contributed by atoms with Gasteiger partial charge in [-0.1, -0.05) is 50.2 Å². The molecule has 0 spiro atoms. The topological polar surface area (TPSA) is 59.6 Å². The number of thiocarbonyl (C=S) groups is 1. The van der Waals surface area contributed by atoms with Gasteiger partial charge in [0.15, 0.2) is 5.11 Å². The fraction of sp³-hybridized carbons (Fsp3) is 0.200. The number of ether oxygens (including phenoxy) is 2. The smallest absolute Gasteiger partial charge is 0.257 e. The molecule has 160 valence electrons. The lowest BCUT2D eigenvalue weighted by Crippen LogP contribution is -2.34. The maximum atomic E-state index is 12.4. The Morgan fingerprint density at radius 3 is 2.19 bits per heavy atom. The summed E-state index contributed by atoms with van der Waals surface area (Å²) in [5.74, 6) is 1.65. The van der Waals surface area contributed by atoms with E-state index in [9.17, 15) is 4.79 Å². The molecule has 5 nitrogen and oxygen atoms in total. The van der Waals surface area contributed by atoms with E-state index < -0.39 is 0 Å². The first-order valence-corrected chi connectivity index (χ1v) is 10.5. The number of nitrogens with one attached hydrogen (secondary N) is 2. The van der Waals surface area contributed by atoms with Gasteiger partial charge in [-0.25, -0.2) is 0 Å². The Hall–Kier alpha value is -3.38. The molecule has 0 fully saturated rings. The molecule has 0 aliphatic heterocycles. The Bertz CT molecular complexity index is 1000. The summed E-state index contributed by atoms with van der Waals surface area (Å²) in [6, 6.07) is 24.5. The molecule has 0 bridgehead atoms. The minimum Gasteiger partial charge on any atom is -0.490 e. The Morgan fingerprint density at radius 2 is 1.52 bits per heavy atom. The first-order valence-electron chi connectivity index (χ1n) is 10.1. The van der Waals surface area contributed by atoms with E-state index >= 15 is 0 Å². The fourth-order valence-electron chi connectivity index (χ4n) is 2.86. The second-order valence-electron chi connectivity index (χ2n) is 7.22. The van der Waals surface area contributed by atoms with Crippen LogP contribution in [0.3, 0.4) is 0 Å². The highest BCUT2D eigenvalue weighted by Crippen LogP contribution is 2.18. The lowest BCUT2D eigenvalue weighted by atomic mass is 10.0. The molecule has 3 aromatic rings. The van der Waals surface area contributed by atoms with E-state index in [1.54, 1.807) is 12.1 Å². The molecule has 6 heteroatoms. The SMILES string of the molecule is CC(C)c1ccc(C(=O)NC(=S)Nc2cccc(OCCOc3ccccc3)c2)cc1. The second kappa shape index (κ2) is 11.1. The molecule has 31 heavy (non-hydrogen) atoms. The predicted octanol–water partition coefficient (Wildman–Crippen LogP) is 5.39. The number of hydrogen-bond acceptors (Lipinski definition) is 4. The first kappa shape index (κ1) is 22.3. The summed E-state index contributed by atoms with van der Waals surface area (Å²) < 4.78 is 11.4. The van der Waals surface area contributed by atoms with Gasteiger partial charge in [0.2, 0.25) is 0 Å². The zero-order valence-corrected chi connectivity index (χ0v) is 18.4. The van der Waals surface area contributed by atoms with E-state index in [4.69, 9.17) is 21.7 Å². The standard InChI is InChI=1S/C25H26N2O3S/c1-18(2)19-11-13-20(14-12-19)24(28)27-25(31)26-21-7-6-10-23(17-21)30-16-15-29-22-8-4-3-5-9-22/h3-14,17-18H,15-16H2,1-2H3,(H2,26,27,28,31). The van der Waals surface area contributed by atoms with Crippen molar-refractivity contribution in [2.24, 2.45) is 0 Å². The van der Waals surface area contributed by atoms with Crippen LogP contribution in [0.5, 0.6) is 11.5 Å². The van der Waals surface area contributed by atoms with Gasteiger partial charge in [0.1, 0.15) is 24.7 Å². The van der Waals surface area contributed by atoms with Gasteiger partial charge in [0.25, 0.3) is 5.91 Å². The third-order valence-corrected chi connectivity index (χ3v) is 4.73. The number of rotatable bonds is 8. The van der Waals surface area contributed by atoms with Crippen LogP contribution in [0.15, 0.2) is 78.9 Å². The lowest BCUT2D eigenvalue weighted by molar-refractivity contribution is 0.0977. The number of hydrogen-bond donors (Lipinski definition) is 2. The van der Waals surface area contributed by atoms with Crippen LogP contribution >= 0.6 is 12.2 Å². The number of carbonyl (C=O) groups is 1. The van der Waals surface area contributed by atoms with Gasteiger partial charge >= 0.3 is 0 Å². The van der Waals surface area contributed by atoms with Crippen molar-refractivity contribution in [2.75, 3.05) is 18.5 Å². The summed E-state index contributed by atoms with van der Waals surface area (Å²) in [6.45, 7) is 5.07. The van der Waals surface area contributed by atoms with Crippen molar-refractivity contribution in [3.63, 3.8) is 0 Å². The molecule has 0 radical (unpaired) electrons. The van der Waals surface area contributed by atoms with Crippen LogP contribution in [0.1, 0.15) is 35.7 Å². The summed E-state index contributed by atoms with van der Waals surface area (Å²) in [5.41, 5.74) is 2.47. The van der Waals surface area contributed by atoms with E-state index in [1.807, 2.05) is 66.7 Å². The van der Waals surface area contributed by atoms with Gasteiger partial charge in [0.05, 0.1) is 0 Å². The molecule has 0 atom stereocenters. The monoisotopic (exact) mass is 434 g/mol. The molecule has 3 rings (SSSR count). The van der Waals surface area contributed by atoms with Gasteiger partial charge in [0, 0.05) is 17.3 Å². The van der Waals surface area contributed by atoms with Crippen molar-refractivity contribution in [3.8, 4) is 11.5 Å². The minimum absolute atomic E-state index is 0.225. The third kappa shape index (κ3) is 7.12. The highest BCUT2D eigenvalue weighted by Gasteiger charge is 2.09. The molecule has 0 aromatic heterocycles. The van der Waals surface area contributed by atoms with Crippen LogP contribution < -0.4 is 20.1 Å². The van der Waals surface area contributed by atoms with Crippen LogP contribution in [-0.4, -0.2) is 24.2 Å². The van der Waals surface area contributed by atoms with E-state index in [0.717, 1.165) is 11.4 Å². The van der Waals surface area contributed by atoms with Gasteiger partial charge < -0.3 is 14.8 Å². The molecule has 0 aliphatic carbocycles. The van der Waals surface area contributed by atoms with Crippen LogP contribution in [0.4, 0.5) is 5.69 Å². The summed E-state index contributed by atoms with van der Waals surface area (Å²) in [5, 5.41) is 5.95. The molecule has 0 saturated heterocycles. The molecule has 0 unspecified atom stereocenters. The number of benzene rings is 3. The molecule has 2 N–H and O–H groups in total. The number of amides is 1. The number of anilines is 1. The zero-order valence-electron chi connectivity index (χ0n) is 17.6. The lowest BCUT2D eigenvalue weighted by Gasteiger charge is -2.12. The van der Waals surface area contributed by atoms with Crippen molar-refractivity contribution >= 4 is 28.9 Å². The molecule has 0 heterocycles. The molecular weight excluding hydrogens is 408 g/mol. The van der Waals surface area contributed by atoms with Crippen molar-refractivity contribution in [3.05, 3.63) is 90.0 Å². The summed E-state index contributed by atoms with van der Waals surface area (Å²) in [7, 11) is 0. The van der Waals surface area contributed by atoms with Crippen LogP contribution in [-0.2, 0) is 0 Å². The van der Waals surface area contributed by atoms with Gasteiger partial charge in [-0.05, 0) is 60.1 Å². The molecule has 1 amide bonds. The van der Waals surface area contributed by atoms with Gasteiger partial charge in [-0.3, -0.25) is 10.1 Å². The maximum absolute atomic E-state index is 12.4. The second-order valence-corrected chi connectivity index (χ2v) is 7.63. The molecule has 3 aromatic carbocycles. The minimum atomic E-state index is -0.252. The summed E-state index contributed by atoms with van der Waals surface area (Å²) in [4.78, 5) is 12.4. The fourth-order valence-corrected chi connectivity index (χ4v) is 3.07. The highest BCUT2D eigenvalue weighted by molar-refractivity contribution is 7.80. The Kier molecular flexibility index (Phi) is 8.01. The van der Waals surface area contributed by atoms with Crippen molar-refractivity contribution in [2.45, 2.75) is 19.8 Å². The van der Waals surface area contributed by atoms with Crippen molar-refractivity contribution in [1.29, 1.82) is 0 Å².